The molecule has 0 N–H and O–H groups in total. The first kappa shape index (κ1) is 14.2. The molecule has 1 aromatic rings. The van der Waals surface area contributed by atoms with Crippen LogP contribution in [0.25, 0.3) is 6.08 Å². The molecular formula is C13H11F3O2. The second kappa shape index (κ2) is 5.62. The molecule has 0 saturated heterocycles. The van der Waals surface area contributed by atoms with Crippen molar-refractivity contribution in [3.8, 4) is 0 Å². The van der Waals surface area contributed by atoms with E-state index in [4.69, 9.17) is 0 Å². The highest BCUT2D eigenvalue weighted by molar-refractivity contribution is 6.05. The SMILES string of the molecule is CC(=O)CC(=O)/C=C\c1cccc(C(F)(F)F)c1. The summed E-state index contributed by atoms with van der Waals surface area (Å²) in [6.07, 6.45) is -2.28. The second-order valence-corrected chi connectivity index (χ2v) is 3.80. The van der Waals surface area contributed by atoms with Crippen molar-refractivity contribution >= 4 is 17.6 Å². The molecule has 0 aliphatic carbocycles. The lowest BCUT2D eigenvalue weighted by molar-refractivity contribution is -0.137. The molecule has 1 rings (SSSR count). The van der Waals surface area contributed by atoms with E-state index < -0.39 is 17.5 Å². The Hall–Kier alpha value is -1.91. The highest BCUT2D eigenvalue weighted by Gasteiger charge is 2.30. The van der Waals surface area contributed by atoms with Crippen LogP contribution >= 0.6 is 0 Å². The van der Waals surface area contributed by atoms with Crippen molar-refractivity contribution < 1.29 is 22.8 Å². The molecule has 0 unspecified atom stereocenters. The monoisotopic (exact) mass is 256 g/mol. The van der Waals surface area contributed by atoms with E-state index in [9.17, 15) is 22.8 Å². The summed E-state index contributed by atoms with van der Waals surface area (Å²) in [7, 11) is 0. The molecule has 0 atom stereocenters. The maximum Gasteiger partial charge on any atom is 0.416 e. The maximum atomic E-state index is 12.4. The molecule has 2 nitrogen and oxygen atoms in total. The quantitative estimate of drug-likeness (QED) is 0.612. The summed E-state index contributed by atoms with van der Waals surface area (Å²) in [5.74, 6) is -0.714. The maximum absolute atomic E-state index is 12.4. The van der Waals surface area contributed by atoms with Gasteiger partial charge in [-0.15, -0.1) is 0 Å². The van der Waals surface area contributed by atoms with Crippen molar-refractivity contribution in [1.82, 2.24) is 0 Å². The number of ketones is 2. The van der Waals surface area contributed by atoms with E-state index in [1.807, 2.05) is 0 Å². The standard InChI is InChI=1S/C13H11F3O2/c1-9(17)7-12(18)6-5-10-3-2-4-11(8-10)13(14,15)16/h2-6,8H,7H2,1H3/b6-5-. The third-order valence-electron chi connectivity index (χ3n) is 2.10. The lowest BCUT2D eigenvalue weighted by atomic mass is 10.1. The van der Waals surface area contributed by atoms with Crippen LogP contribution in [0.4, 0.5) is 13.2 Å². The van der Waals surface area contributed by atoms with Crippen molar-refractivity contribution in [2.75, 3.05) is 0 Å². The Morgan fingerprint density at radius 3 is 2.50 bits per heavy atom. The predicted octanol–water partition coefficient (Wildman–Crippen LogP) is 3.27. The van der Waals surface area contributed by atoms with Gasteiger partial charge in [0.25, 0.3) is 0 Å². The summed E-state index contributed by atoms with van der Waals surface area (Å²) < 4.78 is 37.2. The molecule has 0 spiro atoms. The van der Waals surface area contributed by atoms with E-state index in [0.717, 1.165) is 18.2 Å². The topological polar surface area (TPSA) is 34.1 Å². The summed E-state index contributed by atoms with van der Waals surface area (Å²) in [5.41, 5.74) is -0.509. The van der Waals surface area contributed by atoms with Crippen molar-refractivity contribution in [2.24, 2.45) is 0 Å². The Labute approximate surface area is 102 Å². The molecule has 96 valence electrons. The summed E-state index contributed by atoms with van der Waals surface area (Å²) in [6.45, 7) is 1.27. The fourth-order valence-electron chi connectivity index (χ4n) is 1.31. The van der Waals surface area contributed by atoms with Crippen molar-refractivity contribution in [3.63, 3.8) is 0 Å². The van der Waals surface area contributed by atoms with Crippen molar-refractivity contribution in [3.05, 3.63) is 41.5 Å². The van der Waals surface area contributed by atoms with Gasteiger partial charge in [0.1, 0.15) is 5.78 Å². The van der Waals surface area contributed by atoms with Gasteiger partial charge < -0.3 is 0 Å². The lowest BCUT2D eigenvalue weighted by Crippen LogP contribution is -2.04. The van der Waals surface area contributed by atoms with E-state index in [0.29, 0.717) is 0 Å². The number of alkyl halides is 3. The van der Waals surface area contributed by atoms with E-state index in [1.54, 1.807) is 0 Å². The smallest absolute Gasteiger partial charge is 0.300 e. The van der Waals surface area contributed by atoms with Gasteiger partial charge in [0.2, 0.25) is 0 Å². The highest BCUT2D eigenvalue weighted by atomic mass is 19.4. The number of carbonyl (C=O) groups is 2. The Morgan fingerprint density at radius 1 is 1.28 bits per heavy atom. The van der Waals surface area contributed by atoms with Crippen molar-refractivity contribution in [2.45, 2.75) is 19.5 Å². The third-order valence-corrected chi connectivity index (χ3v) is 2.10. The van der Waals surface area contributed by atoms with Gasteiger partial charge in [0, 0.05) is 0 Å². The molecule has 18 heavy (non-hydrogen) atoms. The van der Waals surface area contributed by atoms with Crippen LogP contribution in [-0.4, -0.2) is 11.6 Å². The number of hydrogen-bond donors (Lipinski definition) is 0. The predicted molar refractivity (Wildman–Crippen MR) is 60.8 cm³/mol. The van der Waals surface area contributed by atoms with Gasteiger partial charge in [-0.2, -0.15) is 13.2 Å². The summed E-state index contributed by atoms with van der Waals surface area (Å²) in [6, 6.07) is 4.61. The first-order valence-corrected chi connectivity index (χ1v) is 5.16. The molecule has 0 saturated carbocycles. The molecule has 0 fully saturated rings. The second-order valence-electron chi connectivity index (χ2n) is 3.80. The average Bonchev–Trinajstić information content (AvgIpc) is 2.25. The van der Waals surface area contributed by atoms with Crippen LogP contribution in [0.5, 0.6) is 0 Å². The zero-order valence-electron chi connectivity index (χ0n) is 9.62. The Balaban J connectivity index is 2.83. The Kier molecular flexibility index (Phi) is 4.42. The van der Waals surface area contributed by atoms with Gasteiger partial charge >= 0.3 is 6.18 Å². The van der Waals surface area contributed by atoms with Crippen LogP contribution in [0.15, 0.2) is 30.3 Å². The van der Waals surface area contributed by atoms with Crippen LogP contribution in [0.3, 0.4) is 0 Å². The molecule has 0 bridgehead atoms. The highest BCUT2D eigenvalue weighted by Crippen LogP contribution is 2.29. The fraction of sp³-hybridized carbons (Fsp3) is 0.231. The minimum Gasteiger partial charge on any atom is -0.300 e. The average molecular weight is 256 g/mol. The Bertz CT molecular complexity index is 487. The first-order valence-electron chi connectivity index (χ1n) is 5.16. The number of benzene rings is 1. The van der Waals surface area contributed by atoms with Crippen LogP contribution in [0.1, 0.15) is 24.5 Å². The lowest BCUT2D eigenvalue weighted by Gasteiger charge is -2.06. The van der Waals surface area contributed by atoms with Crippen LogP contribution in [0, 0.1) is 0 Å². The summed E-state index contributed by atoms with van der Waals surface area (Å²) in [5, 5.41) is 0. The van der Waals surface area contributed by atoms with Crippen LogP contribution in [-0.2, 0) is 15.8 Å². The summed E-state index contributed by atoms with van der Waals surface area (Å²) in [4.78, 5) is 21.8. The molecule has 0 aliphatic heterocycles. The van der Waals surface area contributed by atoms with E-state index in [1.165, 1.54) is 25.1 Å². The van der Waals surface area contributed by atoms with Gasteiger partial charge in [-0.3, -0.25) is 9.59 Å². The normalized spacial score (nSPS) is 11.8. The van der Waals surface area contributed by atoms with Crippen LogP contribution < -0.4 is 0 Å². The van der Waals surface area contributed by atoms with Crippen molar-refractivity contribution in [1.29, 1.82) is 0 Å². The summed E-state index contributed by atoms with van der Waals surface area (Å²) >= 11 is 0. The molecule has 0 aliphatic rings. The minimum atomic E-state index is -4.41. The molecule has 0 aromatic heterocycles. The number of carbonyl (C=O) groups excluding carboxylic acids is 2. The number of hydrogen-bond acceptors (Lipinski definition) is 2. The molecule has 0 radical (unpaired) electrons. The van der Waals surface area contributed by atoms with E-state index >= 15 is 0 Å². The minimum absolute atomic E-state index is 0.241. The van der Waals surface area contributed by atoms with Gasteiger partial charge in [0.05, 0.1) is 12.0 Å². The van der Waals surface area contributed by atoms with E-state index in [2.05, 4.69) is 0 Å². The molecular weight excluding hydrogens is 245 g/mol. The van der Waals surface area contributed by atoms with E-state index in [-0.39, 0.29) is 17.8 Å². The zero-order chi connectivity index (χ0) is 13.8. The number of halogens is 3. The fourth-order valence-corrected chi connectivity index (χ4v) is 1.31. The number of rotatable bonds is 4. The van der Waals surface area contributed by atoms with Gasteiger partial charge in [-0.25, -0.2) is 0 Å². The molecule has 0 amide bonds. The zero-order valence-corrected chi connectivity index (χ0v) is 9.62. The van der Waals surface area contributed by atoms with Gasteiger partial charge in [-0.05, 0) is 30.7 Å². The molecule has 1 aromatic carbocycles. The van der Waals surface area contributed by atoms with Gasteiger partial charge in [-0.1, -0.05) is 18.2 Å². The largest absolute Gasteiger partial charge is 0.416 e. The number of allylic oxidation sites excluding steroid dienone is 1. The molecule has 5 heteroatoms. The third kappa shape index (κ3) is 4.53. The Morgan fingerprint density at radius 2 is 1.94 bits per heavy atom. The number of Topliss-reactive ketones (excluding diaryl/α,β-unsaturated/α-hetero) is 1. The van der Waals surface area contributed by atoms with Gasteiger partial charge in [0.15, 0.2) is 5.78 Å². The van der Waals surface area contributed by atoms with Crippen LogP contribution in [0.2, 0.25) is 0 Å². The first-order chi connectivity index (χ1) is 8.29. The molecule has 0 heterocycles.